The molecule has 4 rings (SSSR count). The molecule has 0 amide bonds. The maximum atomic E-state index is 14.5. The highest BCUT2D eigenvalue weighted by Crippen LogP contribution is 2.36. The van der Waals surface area contributed by atoms with Crippen LogP contribution in [-0.2, 0) is 6.54 Å². The van der Waals surface area contributed by atoms with Gasteiger partial charge in [0.25, 0.3) is 0 Å². The molecule has 3 aliphatic rings. The van der Waals surface area contributed by atoms with E-state index in [4.69, 9.17) is 0 Å². The summed E-state index contributed by atoms with van der Waals surface area (Å²) in [4.78, 5) is 2.31. The molecule has 3 saturated carbocycles. The van der Waals surface area contributed by atoms with Crippen molar-refractivity contribution in [3.05, 3.63) is 29.6 Å². The van der Waals surface area contributed by atoms with Gasteiger partial charge >= 0.3 is 0 Å². The molecule has 3 aliphatic carbocycles. The maximum Gasteiger partial charge on any atom is 0.146 e. The van der Waals surface area contributed by atoms with Crippen LogP contribution in [0.5, 0.6) is 0 Å². The summed E-state index contributed by atoms with van der Waals surface area (Å²) in [5.74, 6) is 1.57. The first-order valence-electron chi connectivity index (χ1n) is 8.54. The van der Waals surface area contributed by atoms with Crippen molar-refractivity contribution >= 4 is 5.69 Å². The Morgan fingerprint density at radius 1 is 1.00 bits per heavy atom. The van der Waals surface area contributed by atoms with Gasteiger partial charge in [0.2, 0.25) is 0 Å². The van der Waals surface area contributed by atoms with Crippen molar-refractivity contribution in [2.24, 2.45) is 11.8 Å². The summed E-state index contributed by atoms with van der Waals surface area (Å²) in [5.41, 5.74) is 1.89. The first kappa shape index (κ1) is 13.6. The summed E-state index contributed by atoms with van der Waals surface area (Å²) in [7, 11) is 0. The largest absolute Gasteiger partial charge is 0.369 e. The van der Waals surface area contributed by atoms with E-state index in [1.807, 2.05) is 6.07 Å². The van der Waals surface area contributed by atoms with Crippen molar-refractivity contribution < 1.29 is 4.39 Å². The van der Waals surface area contributed by atoms with Crippen molar-refractivity contribution in [2.45, 2.75) is 51.1 Å². The van der Waals surface area contributed by atoms with Crippen molar-refractivity contribution in [1.82, 2.24) is 5.32 Å². The normalized spacial score (nSPS) is 21.6. The van der Waals surface area contributed by atoms with Crippen LogP contribution in [0.4, 0.5) is 10.1 Å². The van der Waals surface area contributed by atoms with Gasteiger partial charge in [-0.1, -0.05) is 6.07 Å². The van der Waals surface area contributed by atoms with Crippen LogP contribution in [0.2, 0.25) is 0 Å². The average molecular weight is 288 g/mol. The lowest BCUT2D eigenvalue weighted by Gasteiger charge is -2.25. The predicted molar refractivity (Wildman–Crippen MR) is 83.9 cm³/mol. The second-order valence-electron chi connectivity index (χ2n) is 7.23. The van der Waals surface area contributed by atoms with E-state index < -0.39 is 0 Å². The summed E-state index contributed by atoms with van der Waals surface area (Å²) in [6.45, 7) is 2.90. The zero-order valence-electron chi connectivity index (χ0n) is 12.7. The molecule has 21 heavy (non-hydrogen) atoms. The zero-order chi connectivity index (χ0) is 14.2. The fourth-order valence-electron chi connectivity index (χ4n) is 2.96. The number of rotatable bonds is 8. The molecule has 0 radical (unpaired) electrons. The summed E-state index contributed by atoms with van der Waals surface area (Å²) in [6, 6.07) is 6.51. The van der Waals surface area contributed by atoms with Crippen LogP contribution < -0.4 is 10.2 Å². The van der Waals surface area contributed by atoms with Gasteiger partial charge in [-0.05, 0) is 68.1 Å². The molecule has 1 N–H and O–H groups in total. The smallest absolute Gasteiger partial charge is 0.146 e. The lowest BCUT2D eigenvalue weighted by Crippen LogP contribution is -2.29. The number of anilines is 1. The SMILES string of the molecule is Fc1cc(CNC2CC2)ccc1N(CC1CC1)CC1CC1. The number of nitrogens with one attached hydrogen (secondary N) is 1. The predicted octanol–water partition coefficient (Wildman–Crippen LogP) is 3.70. The molecule has 0 unspecified atom stereocenters. The molecule has 1 aromatic rings. The highest BCUT2D eigenvalue weighted by atomic mass is 19.1. The number of hydrogen-bond donors (Lipinski definition) is 1. The highest BCUT2D eigenvalue weighted by Gasteiger charge is 2.30. The van der Waals surface area contributed by atoms with E-state index in [1.165, 1.54) is 38.5 Å². The van der Waals surface area contributed by atoms with Gasteiger partial charge in [-0.25, -0.2) is 4.39 Å². The number of halogens is 1. The lowest BCUT2D eigenvalue weighted by molar-refractivity contribution is 0.597. The van der Waals surface area contributed by atoms with Crippen molar-refractivity contribution in [2.75, 3.05) is 18.0 Å². The number of hydrogen-bond acceptors (Lipinski definition) is 2. The van der Waals surface area contributed by atoms with E-state index in [2.05, 4.69) is 16.3 Å². The molecular formula is C18H25FN2. The Hall–Kier alpha value is -1.09. The lowest BCUT2D eigenvalue weighted by atomic mass is 10.1. The molecule has 2 nitrogen and oxygen atoms in total. The number of nitrogens with zero attached hydrogens (tertiary/aromatic N) is 1. The maximum absolute atomic E-state index is 14.5. The second kappa shape index (κ2) is 5.60. The molecular weight excluding hydrogens is 263 g/mol. The van der Waals surface area contributed by atoms with Crippen LogP contribution in [0.1, 0.15) is 44.1 Å². The van der Waals surface area contributed by atoms with Crippen LogP contribution in [0.25, 0.3) is 0 Å². The van der Waals surface area contributed by atoms with Crippen molar-refractivity contribution in [3.63, 3.8) is 0 Å². The monoisotopic (exact) mass is 288 g/mol. The van der Waals surface area contributed by atoms with E-state index in [0.717, 1.165) is 42.7 Å². The Morgan fingerprint density at radius 2 is 1.67 bits per heavy atom. The molecule has 0 aliphatic heterocycles. The van der Waals surface area contributed by atoms with Crippen molar-refractivity contribution in [3.8, 4) is 0 Å². The van der Waals surface area contributed by atoms with Gasteiger partial charge < -0.3 is 10.2 Å². The topological polar surface area (TPSA) is 15.3 Å². The fourth-order valence-corrected chi connectivity index (χ4v) is 2.96. The second-order valence-corrected chi connectivity index (χ2v) is 7.23. The van der Waals surface area contributed by atoms with Gasteiger partial charge in [-0.2, -0.15) is 0 Å². The Kier molecular flexibility index (Phi) is 3.62. The quantitative estimate of drug-likeness (QED) is 0.784. The Labute approximate surface area is 126 Å². The number of benzene rings is 1. The summed E-state index contributed by atoms with van der Waals surface area (Å²) in [5, 5.41) is 3.45. The molecule has 0 heterocycles. The molecule has 0 atom stereocenters. The minimum absolute atomic E-state index is 0.0357. The fraction of sp³-hybridized carbons (Fsp3) is 0.667. The summed E-state index contributed by atoms with van der Waals surface area (Å²) >= 11 is 0. The van der Waals surface area contributed by atoms with Crippen LogP contribution >= 0.6 is 0 Å². The first-order valence-corrected chi connectivity index (χ1v) is 8.54. The zero-order valence-corrected chi connectivity index (χ0v) is 12.7. The van der Waals surface area contributed by atoms with Crippen LogP contribution in [-0.4, -0.2) is 19.1 Å². The van der Waals surface area contributed by atoms with Gasteiger partial charge in [0.05, 0.1) is 5.69 Å². The van der Waals surface area contributed by atoms with Crippen LogP contribution in [0.15, 0.2) is 18.2 Å². The highest BCUT2D eigenvalue weighted by molar-refractivity contribution is 5.49. The Balaban J connectivity index is 1.44. The van der Waals surface area contributed by atoms with Crippen molar-refractivity contribution in [1.29, 1.82) is 0 Å². The van der Waals surface area contributed by atoms with E-state index in [0.29, 0.717) is 6.04 Å². The van der Waals surface area contributed by atoms with Gasteiger partial charge in [0, 0.05) is 25.7 Å². The van der Waals surface area contributed by atoms with Gasteiger partial charge in [-0.15, -0.1) is 0 Å². The molecule has 0 aromatic heterocycles. The standard InChI is InChI=1S/C18H25FN2/c19-17-9-15(10-20-16-6-7-16)5-8-18(17)21(11-13-1-2-13)12-14-3-4-14/h5,8-9,13-14,16,20H,1-4,6-7,10-12H2. The third-order valence-corrected chi connectivity index (χ3v) is 4.88. The first-order chi connectivity index (χ1) is 10.3. The van der Waals surface area contributed by atoms with Gasteiger partial charge in [0.15, 0.2) is 0 Å². The van der Waals surface area contributed by atoms with E-state index in [1.54, 1.807) is 6.07 Å². The van der Waals surface area contributed by atoms with Crippen LogP contribution in [0, 0.1) is 17.7 Å². The third kappa shape index (κ3) is 3.76. The van der Waals surface area contributed by atoms with E-state index >= 15 is 0 Å². The molecule has 1 aromatic carbocycles. The van der Waals surface area contributed by atoms with Crippen LogP contribution in [0.3, 0.4) is 0 Å². The van der Waals surface area contributed by atoms with Gasteiger partial charge in [0.1, 0.15) is 5.82 Å². The Bertz CT molecular complexity index is 490. The van der Waals surface area contributed by atoms with Gasteiger partial charge in [-0.3, -0.25) is 0 Å². The van der Waals surface area contributed by atoms with E-state index in [9.17, 15) is 4.39 Å². The molecule has 114 valence electrons. The minimum atomic E-state index is -0.0357. The molecule has 3 heteroatoms. The molecule has 0 bridgehead atoms. The molecule has 0 saturated heterocycles. The average Bonchev–Trinajstić information content (AvgIpc) is 3.33. The Morgan fingerprint density at radius 3 is 2.19 bits per heavy atom. The minimum Gasteiger partial charge on any atom is -0.369 e. The molecule has 0 spiro atoms. The molecule has 3 fully saturated rings. The summed E-state index contributed by atoms with van der Waals surface area (Å²) < 4.78 is 14.5. The summed E-state index contributed by atoms with van der Waals surface area (Å²) in [6.07, 6.45) is 7.85. The third-order valence-electron chi connectivity index (χ3n) is 4.88. The van der Waals surface area contributed by atoms with E-state index in [-0.39, 0.29) is 5.82 Å².